The molecule has 17 heteroatoms. The Labute approximate surface area is 210 Å². The average molecular weight is 545 g/mol. The maximum atomic E-state index is 11.7. The van der Waals surface area contributed by atoms with Gasteiger partial charge in [-0.2, -0.15) is 0 Å². The summed E-state index contributed by atoms with van der Waals surface area (Å²) >= 11 is 0. The Balaban J connectivity index is 1.88. The lowest BCUT2D eigenvalue weighted by Crippen LogP contribution is -2.68. The highest BCUT2D eigenvalue weighted by Crippen LogP contribution is 2.32. The zero-order valence-corrected chi connectivity index (χ0v) is 19.7. The van der Waals surface area contributed by atoms with Gasteiger partial charge in [0, 0.05) is 6.92 Å². The molecule has 3 saturated heterocycles. The van der Waals surface area contributed by atoms with Gasteiger partial charge in [-0.25, -0.2) is 0 Å². The van der Waals surface area contributed by atoms with Crippen molar-refractivity contribution in [3.8, 4) is 0 Å². The molecule has 3 rings (SSSR count). The molecular formula is C20H35NO16. The van der Waals surface area contributed by atoms with Crippen molar-refractivity contribution in [1.82, 2.24) is 5.32 Å². The lowest BCUT2D eigenvalue weighted by Gasteiger charge is -2.48. The van der Waals surface area contributed by atoms with Crippen LogP contribution in [0.15, 0.2) is 0 Å². The lowest BCUT2D eigenvalue weighted by molar-refractivity contribution is -0.385. The minimum absolute atomic E-state index is 0.664. The highest BCUT2D eigenvalue weighted by atomic mass is 16.8. The highest BCUT2D eigenvalue weighted by molar-refractivity contribution is 5.73. The third kappa shape index (κ3) is 6.38. The molecule has 37 heavy (non-hydrogen) atoms. The Morgan fingerprint density at radius 2 is 1.08 bits per heavy atom. The van der Waals surface area contributed by atoms with Crippen molar-refractivity contribution in [3.05, 3.63) is 0 Å². The van der Waals surface area contributed by atoms with Gasteiger partial charge in [-0.1, -0.05) is 0 Å². The molecule has 15 atom stereocenters. The minimum Gasteiger partial charge on any atom is -0.394 e. The van der Waals surface area contributed by atoms with Crippen molar-refractivity contribution in [3.63, 3.8) is 0 Å². The maximum Gasteiger partial charge on any atom is 0.217 e. The molecule has 3 aliphatic heterocycles. The second-order valence-electron chi connectivity index (χ2n) is 9.07. The number of hydrogen-bond donors (Lipinski definition) is 11. The number of ether oxygens (including phenoxy) is 5. The molecule has 3 fully saturated rings. The molecule has 0 aromatic carbocycles. The molecule has 0 bridgehead atoms. The zero-order valence-electron chi connectivity index (χ0n) is 19.7. The second-order valence-corrected chi connectivity index (χ2v) is 9.07. The van der Waals surface area contributed by atoms with Crippen LogP contribution in [0.25, 0.3) is 0 Å². The van der Waals surface area contributed by atoms with E-state index in [1.54, 1.807) is 0 Å². The van der Waals surface area contributed by atoms with E-state index >= 15 is 0 Å². The molecule has 17 nitrogen and oxygen atoms in total. The summed E-state index contributed by atoms with van der Waals surface area (Å²) in [6, 6.07) is -1.45. The molecule has 3 aliphatic rings. The summed E-state index contributed by atoms with van der Waals surface area (Å²) in [5, 5.41) is 103. The van der Waals surface area contributed by atoms with Crippen LogP contribution in [-0.4, -0.2) is 169 Å². The predicted octanol–water partition coefficient (Wildman–Crippen LogP) is -7.43. The molecule has 0 aromatic rings. The Morgan fingerprint density at radius 1 is 0.649 bits per heavy atom. The van der Waals surface area contributed by atoms with Crippen molar-refractivity contribution in [2.45, 2.75) is 99.0 Å². The summed E-state index contributed by atoms with van der Waals surface area (Å²) < 4.78 is 27.2. The summed E-state index contributed by atoms with van der Waals surface area (Å²) in [5.41, 5.74) is 0. The number of hydrogen-bond acceptors (Lipinski definition) is 16. The van der Waals surface area contributed by atoms with E-state index in [1.807, 2.05) is 0 Å². The van der Waals surface area contributed by atoms with Gasteiger partial charge in [-0.3, -0.25) is 4.79 Å². The predicted molar refractivity (Wildman–Crippen MR) is 113 cm³/mol. The fourth-order valence-corrected chi connectivity index (χ4v) is 4.43. The fraction of sp³-hybridized carbons (Fsp3) is 0.950. The van der Waals surface area contributed by atoms with Crippen molar-refractivity contribution in [2.75, 3.05) is 19.8 Å². The Kier molecular flexibility index (Phi) is 10.5. The normalized spacial score (nSPS) is 49.0. The third-order valence-corrected chi connectivity index (χ3v) is 6.50. The molecule has 11 N–H and O–H groups in total. The van der Waals surface area contributed by atoms with Crippen molar-refractivity contribution < 1.29 is 79.5 Å². The van der Waals surface area contributed by atoms with Crippen LogP contribution < -0.4 is 5.32 Å². The van der Waals surface area contributed by atoms with Gasteiger partial charge in [0.15, 0.2) is 18.9 Å². The molecule has 1 amide bonds. The Bertz CT molecular complexity index is 747. The SMILES string of the molecule is CC(=O)NC1C(O)[C@H](O)C(CO)O[C@H]1OC1C(O)[C@H](O)C(CO)O[C@@H]1OC1C(O)[C@H](O)C(CO)O[C@H]1O. The first-order valence-electron chi connectivity index (χ1n) is 11.6. The molecule has 216 valence electrons. The van der Waals surface area contributed by atoms with E-state index in [-0.39, 0.29) is 0 Å². The summed E-state index contributed by atoms with van der Waals surface area (Å²) in [6.45, 7) is -1.22. The van der Waals surface area contributed by atoms with E-state index in [4.69, 9.17) is 23.7 Å². The van der Waals surface area contributed by atoms with Crippen LogP contribution >= 0.6 is 0 Å². The quantitative estimate of drug-likeness (QED) is 0.135. The van der Waals surface area contributed by atoms with Crippen molar-refractivity contribution in [2.24, 2.45) is 0 Å². The first-order chi connectivity index (χ1) is 17.4. The number of carbonyl (C=O) groups excluding carboxylic acids is 1. The van der Waals surface area contributed by atoms with Gasteiger partial charge in [-0.05, 0) is 0 Å². The monoisotopic (exact) mass is 545 g/mol. The fourth-order valence-electron chi connectivity index (χ4n) is 4.43. The molecular weight excluding hydrogens is 510 g/mol. The number of carbonyl (C=O) groups is 1. The van der Waals surface area contributed by atoms with Gasteiger partial charge in [0.2, 0.25) is 5.91 Å². The van der Waals surface area contributed by atoms with Gasteiger partial charge in [0.05, 0.1) is 19.8 Å². The van der Waals surface area contributed by atoms with Crippen LogP contribution in [0.1, 0.15) is 6.92 Å². The lowest BCUT2D eigenvalue weighted by atomic mass is 9.95. The van der Waals surface area contributed by atoms with Crippen molar-refractivity contribution >= 4 is 5.91 Å². The van der Waals surface area contributed by atoms with E-state index in [0.717, 1.165) is 6.92 Å². The molecule has 3 heterocycles. The van der Waals surface area contributed by atoms with Crippen molar-refractivity contribution in [1.29, 1.82) is 0 Å². The Morgan fingerprint density at radius 3 is 1.59 bits per heavy atom. The first kappa shape index (κ1) is 30.4. The van der Waals surface area contributed by atoms with E-state index < -0.39 is 118 Å². The van der Waals surface area contributed by atoms with Gasteiger partial charge in [0.1, 0.15) is 73.2 Å². The van der Waals surface area contributed by atoms with Crippen LogP contribution in [0.2, 0.25) is 0 Å². The standard InChI is InChI=1S/C20H35NO16/c1-5(25)21-9-13(29)10(26)7(3-23)34-19(9)37-17-15(31)12(28)8(4-24)35-20(17)36-16-14(30)11(27)6(2-22)33-18(16)32/h6-20,22-24,26-32H,2-4H2,1H3,(H,21,25)/t6?,7?,8?,9?,10-,11-,12-,13?,14?,15?,16?,17?,18-,19+,20-/m1/s1. The van der Waals surface area contributed by atoms with E-state index in [9.17, 15) is 55.9 Å². The van der Waals surface area contributed by atoms with E-state index in [1.165, 1.54) is 0 Å². The molecule has 0 aromatic heterocycles. The Hall–Kier alpha value is -1.13. The number of rotatable bonds is 8. The van der Waals surface area contributed by atoms with Crippen LogP contribution in [0, 0.1) is 0 Å². The zero-order chi connectivity index (χ0) is 27.6. The first-order valence-corrected chi connectivity index (χ1v) is 11.6. The summed E-state index contributed by atoms with van der Waals surface area (Å²) in [4.78, 5) is 11.7. The summed E-state index contributed by atoms with van der Waals surface area (Å²) in [7, 11) is 0. The van der Waals surface area contributed by atoms with E-state index in [2.05, 4.69) is 5.32 Å². The third-order valence-electron chi connectivity index (χ3n) is 6.50. The summed E-state index contributed by atoms with van der Waals surface area (Å²) in [5.74, 6) is -0.664. The van der Waals surface area contributed by atoms with Crippen LogP contribution in [-0.2, 0) is 28.5 Å². The number of aliphatic hydroxyl groups excluding tert-OH is 10. The largest absolute Gasteiger partial charge is 0.394 e. The summed E-state index contributed by atoms with van der Waals surface area (Å²) in [6.07, 6.45) is -23.6. The van der Waals surface area contributed by atoms with Gasteiger partial charge in [0.25, 0.3) is 0 Å². The van der Waals surface area contributed by atoms with Crippen LogP contribution in [0.5, 0.6) is 0 Å². The average Bonchev–Trinajstić information content (AvgIpc) is 2.86. The van der Waals surface area contributed by atoms with Crippen LogP contribution in [0.4, 0.5) is 0 Å². The minimum atomic E-state index is -1.91. The molecule has 0 spiro atoms. The van der Waals surface area contributed by atoms with Gasteiger partial charge in [-0.15, -0.1) is 0 Å². The van der Waals surface area contributed by atoms with E-state index in [0.29, 0.717) is 0 Å². The van der Waals surface area contributed by atoms with Crippen LogP contribution in [0.3, 0.4) is 0 Å². The smallest absolute Gasteiger partial charge is 0.217 e. The van der Waals surface area contributed by atoms with Gasteiger partial charge < -0.3 is 80.1 Å². The molecule has 0 saturated carbocycles. The van der Waals surface area contributed by atoms with Gasteiger partial charge >= 0.3 is 0 Å². The number of amides is 1. The number of aliphatic hydroxyl groups is 10. The molecule has 9 unspecified atom stereocenters. The molecule has 0 aliphatic carbocycles. The maximum absolute atomic E-state index is 11.7. The topological polar surface area (TPSA) is 278 Å². The number of nitrogens with one attached hydrogen (secondary N) is 1. The second kappa shape index (κ2) is 12.8. The highest BCUT2D eigenvalue weighted by Gasteiger charge is 2.54. The molecule has 0 radical (unpaired) electrons.